The van der Waals surface area contributed by atoms with E-state index in [4.69, 9.17) is 22.1 Å². The van der Waals surface area contributed by atoms with E-state index in [0.717, 1.165) is 18.3 Å². The van der Waals surface area contributed by atoms with Crippen LogP contribution in [-0.4, -0.2) is 43.2 Å². The lowest BCUT2D eigenvalue weighted by Gasteiger charge is -2.31. The first-order valence-electron chi connectivity index (χ1n) is 8.44. The molecule has 0 unspecified atom stereocenters. The summed E-state index contributed by atoms with van der Waals surface area (Å²) in [6, 6.07) is 4.46. The van der Waals surface area contributed by atoms with Crippen LogP contribution >= 0.6 is 11.6 Å². The van der Waals surface area contributed by atoms with Crippen LogP contribution in [0.25, 0.3) is 0 Å². The number of anilines is 1. The number of carbonyl (C=O) groups excluding carboxylic acids is 1. The third-order valence-electron chi connectivity index (χ3n) is 4.15. The number of amidine groups is 1. The molecular formula is C18H15ClF4N4O3. The molecule has 7 nitrogen and oxygen atoms in total. The van der Waals surface area contributed by atoms with Gasteiger partial charge in [0.1, 0.15) is 41.9 Å². The first-order valence-corrected chi connectivity index (χ1v) is 8.81. The lowest BCUT2D eigenvalue weighted by atomic mass is 9.91. The van der Waals surface area contributed by atoms with Gasteiger partial charge in [-0.1, -0.05) is 11.6 Å². The molecular weight excluding hydrogens is 432 g/mol. The molecule has 3 rings (SSSR count). The number of amides is 1. The van der Waals surface area contributed by atoms with Crippen molar-refractivity contribution in [2.24, 2.45) is 10.7 Å². The van der Waals surface area contributed by atoms with Crippen LogP contribution in [0.3, 0.4) is 0 Å². The van der Waals surface area contributed by atoms with Gasteiger partial charge in [-0.25, -0.2) is 13.8 Å². The molecule has 1 aliphatic heterocycles. The average Bonchev–Trinajstić information content (AvgIpc) is 2.68. The molecule has 1 aliphatic rings. The van der Waals surface area contributed by atoms with Crippen molar-refractivity contribution in [1.29, 1.82) is 0 Å². The maximum atomic E-state index is 14.4. The molecule has 160 valence electrons. The number of benzene rings is 1. The van der Waals surface area contributed by atoms with Crippen LogP contribution in [0.1, 0.15) is 16.1 Å². The second kappa shape index (κ2) is 8.84. The average molecular weight is 447 g/mol. The van der Waals surface area contributed by atoms with E-state index in [1.165, 1.54) is 12.1 Å². The highest BCUT2D eigenvalue weighted by molar-refractivity contribution is 6.34. The molecule has 0 fully saturated rings. The standard InChI is InChI=1S/C18H15ClF4N4O3/c19-12-4-10(30-17(22)23)5-25-15(12)16(28)26-9-1-2-13(21)11(3-9)18(7-20)8-29-6-14(24)27-18/h1-5,17H,6-8H2,(H2,24,27)(H,26,28)/t18-/m0/s1. The van der Waals surface area contributed by atoms with Crippen molar-refractivity contribution in [3.8, 4) is 5.75 Å². The lowest BCUT2D eigenvalue weighted by Crippen LogP contribution is -2.42. The van der Waals surface area contributed by atoms with E-state index in [-0.39, 0.29) is 46.8 Å². The molecule has 12 heteroatoms. The van der Waals surface area contributed by atoms with Crippen LogP contribution in [0.2, 0.25) is 5.02 Å². The van der Waals surface area contributed by atoms with Gasteiger partial charge >= 0.3 is 6.61 Å². The van der Waals surface area contributed by atoms with E-state index in [0.29, 0.717) is 0 Å². The van der Waals surface area contributed by atoms with Crippen LogP contribution in [0, 0.1) is 5.82 Å². The number of rotatable bonds is 6. The van der Waals surface area contributed by atoms with E-state index in [9.17, 15) is 22.4 Å². The van der Waals surface area contributed by atoms with Crippen molar-refractivity contribution < 1.29 is 31.8 Å². The Morgan fingerprint density at radius 3 is 2.80 bits per heavy atom. The monoisotopic (exact) mass is 446 g/mol. The van der Waals surface area contributed by atoms with Gasteiger partial charge in [0.2, 0.25) is 0 Å². The normalized spacial score (nSPS) is 18.8. The molecule has 1 atom stereocenters. The SMILES string of the molecule is NC1=N[C@](CF)(c2cc(NC(=O)c3ncc(OC(F)F)cc3Cl)ccc2F)COC1. The van der Waals surface area contributed by atoms with Gasteiger partial charge in [-0.2, -0.15) is 8.78 Å². The summed E-state index contributed by atoms with van der Waals surface area (Å²) in [5.74, 6) is -1.89. The van der Waals surface area contributed by atoms with Crippen LogP contribution < -0.4 is 15.8 Å². The van der Waals surface area contributed by atoms with E-state index >= 15 is 0 Å². The molecule has 0 radical (unpaired) electrons. The van der Waals surface area contributed by atoms with Gasteiger partial charge in [0.25, 0.3) is 5.91 Å². The highest BCUT2D eigenvalue weighted by Gasteiger charge is 2.38. The zero-order valence-corrected chi connectivity index (χ0v) is 15.9. The van der Waals surface area contributed by atoms with Gasteiger partial charge in [-0.05, 0) is 18.2 Å². The number of halogens is 5. The Morgan fingerprint density at radius 1 is 1.40 bits per heavy atom. The zero-order valence-electron chi connectivity index (χ0n) is 15.2. The minimum Gasteiger partial charge on any atom is -0.433 e. The van der Waals surface area contributed by atoms with Gasteiger partial charge in [-0.3, -0.25) is 9.79 Å². The highest BCUT2D eigenvalue weighted by atomic mass is 35.5. The molecule has 1 amide bonds. The molecule has 0 saturated heterocycles. The third kappa shape index (κ3) is 4.62. The zero-order chi connectivity index (χ0) is 21.9. The maximum absolute atomic E-state index is 14.4. The summed E-state index contributed by atoms with van der Waals surface area (Å²) >= 11 is 5.91. The van der Waals surface area contributed by atoms with E-state index in [2.05, 4.69) is 20.0 Å². The fraction of sp³-hybridized carbons (Fsp3) is 0.278. The maximum Gasteiger partial charge on any atom is 0.387 e. The van der Waals surface area contributed by atoms with E-state index in [1.54, 1.807) is 0 Å². The lowest BCUT2D eigenvalue weighted by molar-refractivity contribution is -0.0500. The molecule has 0 saturated carbocycles. The number of ether oxygens (including phenoxy) is 2. The fourth-order valence-electron chi connectivity index (χ4n) is 2.85. The molecule has 2 aromatic rings. The van der Waals surface area contributed by atoms with Crippen molar-refractivity contribution in [1.82, 2.24) is 4.98 Å². The summed E-state index contributed by atoms with van der Waals surface area (Å²) in [5.41, 5.74) is 3.58. The minimum absolute atomic E-state index is 0.00473. The number of hydrogen-bond donors (Lipinski definition) is 2. The summed E-state index contributed by atoms with van der Waals surface area (Å²) in [4.78, 5) is 20.2. The Morgan fingerprint density at radius 2 is 2.17 bits per heavy atom. The third-order valence-corrected chi connectivity index (χ3v) is 4.44. The molecule has 30 heavy (non-hydrogen) atoms. The van der Waals surface area contributed by atoms with Gasteiger partial charge in [0.05, 0.1) is 17.8 Å². The van der Waals surface area contributed by atoms with E-state index in [1.807, 2.05) is 0 Å². The fourth-order valence-corrected chi connectivity index (χ4v) is 3.09. The van der Waals surface area contributed by atoms with Crippen molar-refractivity contribution in [3.63, 3.8) is 0 Å². The second-order valence-electron chi connectivity index (χ2n) is 6.29. The molecule has 3 N–H and O–H groups in total. The highest BCUT2D eigenvalue weighted by Crippen LogP contribution is 2.33. The molecule has 2 heterocycles. The van der Waals surface area contributed by atoms with Gasteiger partial charge in [0.15, 0.2) is 0 Å². The van der Waals surface area contributed by atoms with Crippen LogP contribution in [0.4, 0.5) is 23.2 Å². The van der Waals surface area contributed by atoms with Crippen molar-refractivity contribution in [2.45, 2.75) is 12.2 Å². The Labute approximate surface area is 172 Å². The number of aromatic nitrogens is 1. The number of aliphatic imine (C=N–C) groups is 1. The predicted octanol–water partition coefficient (Wildman–Crippen LogP) is 3.28. The quantitative estimate of drug-likeness (QED) is 0.663. The summed E-state index contributed by atoms with van der Waals surface area (Å²) in [7, 11) is 0. The number of carbonyl (C=O) groups is 1. The molecule has 0 spiro atoms. The summed E-state index contributed by atoms with van der Waals surface area (Å²) < 4.78 is 62.1. The number of nitrogens with one attached hydrogen (secondary N) is 1. The van der Waals surface area contributed by atoms with Gasteiger partial charge in [-0.15, -0.1) is 0 Å². The summed E-state index contributed by atoms with van der Waals surface area (Å²) in [5, 5.41) is 2.19. The van der Waals surface area contributed by atoms with Crippen LogP contribution in [0.5, 0.6) is 5.75 Å². The van der Waals surface area contributed by atoms with Gasteiger partial charge < -0.3 is 20.5 Å². The van der Waals surface area contributed by atoms with E-state index < -0.39 is 30.5 Å². The Hall–Kier alpha value is -2.92. The topological polar surface area (TPSA) is 98.8 Å². The Bertz CT molecular complexity index is 992. The molecule has 1 aromatic carbocycles. The van der Waals surface area contributed by atoms with Crippen molar-refractivity contribution in [2.75, 3.05) is 25.2 Å². The largest absolute Gasteiger partial charge is 0.433 e. The predicted molar refractivity (Wildman–Crippen MR) is 100 cm³/mol. The number of nitrogens with two attached hydrogens (primary N) is 1. The van der Waals surface area contributed by atoms with Crippen molar-refractivity contribution in [3.05, 3.63) is 52.6 Å². The molecule has 1 aromatic heterocycles. The smallest absolute Gasteiger partial charge is 0.387 e. The number of pyridine rings is 1. The van der Waals surface area contributed by atoms with Crippen LogP contribution in [-0.2, 0) is 10.3 Å². The van der Waals surface area contributed by atoms with Crippen molar-refractivity contribution >= 4 is 29.0 Å². The number of alkyl halides is 3. The Kier molecular flexibility index (Phi) is 6.42. The van der Waals surface area contributed by atoms with Gasteiger partial charge in [0, 0.05) is 17.3 Å². The first kappa shape index (κ1) is 21.8. The van der Waals surface area contributed by atoms with Crippen LogP contribution in [0.15, 0.2) is 35.5 Å². The number of nitrogens with zero attached hydrogens (tertiary/aromatic N) is 2. The second-order valence-corrected chi connectivity index (χ2v) is 6.70. The molecule has 0 aliphatic carbocycles. The Balaban J connectivity index is 1.87. The number of hydrogen-bond acceptors (Lipinski definition) is 6. The first-order chi connectivity index (χ1) is 14.2. The minimum atomic E-state index is -3.08. The summed E-state index contributed by atoms with van der Waals surface area (Å²) in [6.07, 6.45) is 0.901. The summed E-state index contributed by atoms with van der Waals surface area (Å²) in [6.45, 7) is -4.41. The molecule has 0 bridgehead atoms.